The Labute approximate surface area is 257 Å². The van der Waals surface area contributed by atoms with Crippen LogP contribution in [0, 0.1) is 11.8 Å². The van der Waals surface area contributed by atoms with Crippen LogP contribution in [0.25, 0.3) is 0 Å². The number of hydrazine groups is 1. The number of imide groups is 1. The molecular formula is C33H30BrN3O6. The Morgan fingerprint density at radius 2 is 1.26 bits per heavy atom. The van der Waals surface area contributed by atoms with E-state index in [0.29, 0.717) is 31.4 Å². The van der Waals surface area contributed by atoms with Crippen molar-refractivity contribution in [1.82, 2.24) is 15.8 Å². The first-order valence-corrected chi connectivity index (χ1v) is 15.2. The SMILES string of the molecule is O=C(COC(=O)CCCCCN1C(=O)[C@H]2C3c4ccccc4C(c4ccccc43)[C@@H]2C1=O)NNC(=O)c1ccc(Br)cc1. The second kappa shape index (κ2) is 12.1. The minimum Gasteiger partial charge on any atom is -0.455 e. The van der Waals surface area contributed by atoms with Crippen molar-refractivity contribution in [3.63, 3.8) is 0 Å². The standard InChI is InChI=1S/C33H30BrN3O6/c34-20-15-13-19(14-16-20)31(40)36-35-25(38)18-43-26(39)12-2-1-7-17-37-32(41)29-27-21-8-3-4-9-22(21)28(30(29)33(37)42)24-11-6-5-10-23(24)27/h3-6,8-11,13-16,27-30H,1-2,7,12,17-18H2,(H,35,38)(H,36,40)/t27?,28?,29-,30-/m0/s1. The molecule has 43 heavy (non-hydrogen) atoms. The van der Waals surface area contributed by atoms with Crippen molar-refractivity contribution in [1.29, 1.82) is 0 Å². The summed E-state index contributed by atoms with van der Waals surface area (Å²) < 4.78 is 5.82. The summed E-state index contributed by atoms with van der Waals surface area (Å²) >= 11 is 3.29. The number of carbonyl (C=O) groups is 5. The highest BCUT2D eigenvalue weighted by Gasteiger charge is 2.61. The number of likely N-dealkylation sites (tertiary alicyclic amines) is 1. The number of amides is 4. The minimum atomic E-state index is -0.662. The molecule has 2 bridgehead atoms. The summed E-state index contributed by atoms with van der Waals surface area (Å²) in [6.45, 7) is -0.210. The van der Waals surface area contributed by atoms with E-state index in [0.717, 1.165) is 26.7 Å². The Balaban J connectivity index is 0.950. The van der Waals surface area contributed by atoms with E-state index in [4.69, 9.17) is 4.74 Å². The normalized spacial score (nSPS) is 21.1. The van der Waals surface area contributed by atoms with E-state index in [-0.39, 0.29) is 41.9 Å². The molecule has 4 amide bonds. The molecule has 3 aliphatic carbocycles. The average molecular weight is 645 g/mol. The zero-order chi connectivity index (χ0) is 30.1. The van der Waals surface area contributed by atoms with Gasteiger partial charge in [-0.3, -0.25) is 39.7 Å². The van der Waals surface area contributed by atoms with Crippen molar-refractivity contribution in [2.45, 2.75) is 37.5 Å². The van der Waals surface area contributed by atoms with E-state index >= 15 is 0 Å². The number of carbonyl (C=O) groups excluding carboxylic acids is 5. The highest BCUT2D eigenvalue weighted by atomic mass is 79.9. The summed E-state index contributed by atoms with van der Waals surface area (Å²) in [5.41, 5.74) is 9.43. The van der Waals surface area contributed by atoms with E-state index in [1.165, 1.54) is 4.90 Å². The summed E-state index contributed by atoms with van der Waals surface area (Å²) in [5.74, 6) is -2.92. The van der Waals surface area contributed by atoms with Crippen LogP contribution < -0.4 is 10.9 Å². The van der Waals surface area contributed by atoms with Crippen molar-refractivity contribution in [3.05, 3.63) is 105 Å². The fourth-order valence-electron chi connectivity index (χ4n) is 6.73. The van der Waals surface area contributed by atoms with Crippen molar-refractivity contribution in [3.8, 4) is 0 Å². The van der Waals surface area contributed by atoms with Gasteiger partial charge >= 0.3 is 5.97 Å². The first-order chi connectivity index (χ1) is 20.8. The summed E-state index contributed by atoms with van der Waals surface area (Å²) in [6.07, 6.45) is 1.78. The van der Waals surface area contributed by atoms with Crippen molar-refractivity contribution in [2.24, 2.45) is 11.8 Å². The quantitative estimate of drug-likeness (QED) is 0.156. The number of halogens is 1. The minimum absolute atomic E-state index is 0.0977. The van der Waals surface area contributed by atoms with Crippen LogP contribution in [0.3, 0.4) is 0 Å². The number of nitrogens with one attached hydrogen (secondary N) is 2. The number of hydrogen-bond donors (Lipinski definition) is 2. The van der Waals surface area contributed by atoms with E-state index in [2.05, 4.69) is 51.0 Å². The lowest BCUT2D eigenvalue weighted by atomic mass is 9.55. The third-order valence-electron chi connectivity index (χ3n) is 8.59. The average Bonchev–Trinajstić information content (AvgIpc) is 3.28. The van der Waals surface area contributed by atoms with Crippen LogP contribution in [-0.2, 0) is 23.9 Å². The van der Waals surface area contributed by atoms with Gasteiger partial charge in [-0.25, -0.2) is 0 Å². The molecule has 1 heterocycles. The third kappa shape index (κ3) is 5.47. The van der Waals surface area contributed by atoms with Crippen LogP contribution >= 0.6 is 15.9 Å². The molecule has 0 aromatic heterocycles. The van der Waals surface area contributed by atoms with Gasteiger partial charge in [0, 0.05) is 34.8 Å². The number of esters is 1. The van der Waals surface area contributed by atoms with Crippen molar-refractivity contribution >= 4 is 45.5 Å². The summed E-state index contributed by atoms with van der Waals surface area (Å²) in [4.78, 5) is 64.8. The zero-order valence-corrected chi connectivity index (χ0v) is 24.8. The van der Waals surface area contributed by atoms with Crippen LogP contribution in [0.5, 0.6) is 0 Å². The van der Waals surface area contributed by atoms with Gasteiger partial charge in [-0.1, -0.05) is 70.9 Å². The molecule has 1 fully saturated rings. The number of hydrogen-bond acceptors (Lipinski definition) is 6. The lowest BCUT2D eigenvalue weighted by Crippen LogP contribution is -2.43. The zero-order valence-electron chi connectivity index (χ0n) is 23.3. The Morgan fingerprint density at radius 1 is 0.721 bits per heavy atom. The Morgan fingerprint density at radius 3 is 1.79 bits per heavy atom. The van der Waals surface area contributed by atoms with Gasteiger partial charge in [0.2, 0.25) is 11.8 Å². The van der Waals surface area contributed by atoms with Crippen molar-refractivity contribution in [2.75, 3.05) is 13.2 Å². The molecular weight excluding hydrogens is 614 g/mol. The molecule has 3 aromatic rings. The lowest BCUT2D eigenvalue weighted by Gasteiger charge is -2.45. The largest absolute Gasteiger partial charge is 0.455 e. The number of benzene rings is 3. The molecule has 10 heteroatoms. The maximum absolute atomic E-state index is 13.6. The molecule has 4 aliphatic rings. The Bertz CT molecular complexity index is 1490. The molecule has 7 rings (SSSR count). The van der Waals surface area contributed by atoms with Gasteiger partial charge in [0.25, 0.3) is 11.8 Å². The summed E-state index contributed by atoms with van der Waals surface area (Å²) in [5, 5.41) is 0. The summed E-state index contributed by atoms with van der Waals surface area (Å²) in [7, 11) is 0. The Hall–Kier alpha value is -4.31. The fraction of sp³-hybridized carbons (Fsp3) is 0.303. The number of rotatable bonds is 9. The number of unbranched alkanes of at least 4 members (excludes halogenated alkanes) is 2. The van der Waals surface area contributed by atoms with Gasteiger partial charge in [-0.05, 0) is 59.4 Å². The van der Waals surface area contributed by atoms with Crippen molar-refractivity contribution < 1.29 is 28.7 Å². The fourth-order valence-corrected chi connectivity index (χ4v) is 6.99. The van der Waals surface area contributed by atoms with Crippen LogP contribution in [0.1, 0.15) is 70.1 Å². The molecule has 2 N–H and O–H groups in total. The lowest BCUT2D eigenvalue weighted by molar-refractivity contribution is -0.148. The smallest absolute Gasteiger partial charge is 0.306 e. The predicted molar refractivity (Wildman–Crippen MR) is 159 cm³/mol. The Kier molecular flexibility index (Phi) is 8.12. The second-order valence-corrected chi connectivity index (χ2v) is 12.0. The van der Waals surface area contributed by atoms with Crippen LogP contribution in [0.15, 0.2) is 77.3 Å². The number of ether oxygens (including phenoxy) is 1. The molecule has 0 radical (unpaired) electrons. The highest BCUT2D eigenvalue weighted by Crippen LogP contribution is 2.60. The molecule has 2 atom stereocenters. The first kappa shape index (κ1) is 28.8. The number of nitrogens with zero attached hydrogens (tertiary/aromatic N) is 1. The molecule has 0 saturated carbocycles. The van der Waals surface area contributed by atoms with E-state index in [9.17, 15) is 24.0 Å². The topological polar surface area (TPSA) is 122 Å². The third-order valence-corrected chi connectivity index (χ3v) is 9.12. The van der Waals surface area contributed by atoms with E-state index < -0.39 is 24.4 Å². The molecule has 1 aliphatic heterocycles. The van der Waals surface area contributed by atoms with Gasteiger partial charge in [0.15, 0.2) is 6.61 Å². The highest BCUT2D eigenvalue weighted by molar-refractivity contribution is 9.10. The second-order valence-electron chi connectivity index (χ2n) is 11.1. The molecule has 0 spiro atoms. The maximum Gasteiger partial charge on any atom is 0.306 e. The van der Waals surface area contributed by atoms with Gasteiger partial charge in [0.1, 0.15) is 0 Å². The van der Waals surface area contributed by atoms with Crippen LogP contribution in [0.2, 0.25) is 0 Å². The molecule has 1 saturated heterocycles. The van der Waals surface area contributed by atoms with Gasteiger partial charge in [0.05, 0.1) is 11.8 Å². The molecule has 3 aromatic carbocycles. The van der Waals surface area contributed by atoms with Crippen LogP contribution in [-0.4, -0.2) is 47.6 Å². The molecule has 0 unspecified atom stereocenters. The van der Waals surface area contributed by atoms with E-state index in [1.54, 1.807) is 24.3 Å². The molecule has 220 valence electrons. The predicted octanol–water partition coefficient (Wildman–Crippen LogP) is 4.21. The van der Waals surface area contributed by atoms with Gasteiger partial charge in [-0.2, -0.15) is 0 Å². The van der Waals surface area contributed by atoms with Crippen LogP contribution in [0.4, 0.5) is 0 Å². The summed E-state index contributed by atoms with van der Waals surface area (Å²) in [6, 6.07) is 22.9. The van der Waals surface area contributed by atoms with Gasteiger partial charge < -0.3 is 4.74 Å². The van der Waals surface area contributed by atoms with E-state index in [1.807, 2.05) is 24.3 Å². The maximum atomic E-state index is 13.6. The monoisotopic (exact) mass is 643 g/mol. The molecule has 9 nitrogen and oxygen atoms in total. The first-order valence-electron chi connectivity index (χ1n) is 14.4. The van der Waals surface area contributed by atoms with Gasteiger partial charge in [-0.15, -0.1) is 0 Å².